The first-order valence-electron chi connectivity index (χ1n) is 13.8. The summed E-state index contributed by atoms with van der Waals surface area (Å²) in [5.41, 5.74) is 3.78. The number of rotatable bonds is 6. The topological polar surface area (TPSA) is 43.4 Å². The molecule has 0 saturated heterocycles. The molecular formula is C30H48O3. The Morgan fingerprint density at radius 3 is 2.39 bits per heavy atom. The van der Waals surface area contributed by atoms with Crippen LogP contribution in [0.1, 0.15) is 119 Å². The molecule has 3 heteroatoms. The van der Waals surface area contributed by atoms with Gasteiger partial charge in [-0.25, -0.2) is 0 Å². The third kappa shape index (κ3) is 4.04. The fourth-order valence-corrected chi connectivity index (χ4v) is 8.98. The van der Waals surface area contributed by atoms with Crippen molar-refractivity contribution in [2.24, 2.45) is 39.9 Å². The van der Waals surface area contributed by atoms with Gasteiger partial charge in [0.25, 0.3) is 0 Å². The zero-order valence-corrected chi connectivity index (χ0v) is 22.4. The summed E-state index contributed by atoms with van der Waals surface area (Å²) >= 11 is 0. The third-order valence-corrected chi connectivity index (χ3v) is 11.1. The van der Waals surface area contributed by atoms with Crippen LogP contribution < -0.4 is 0 Å². The fourth-order valence-electron chi connectivity index (χ4n) is 8.98. The number of ether oxygens (including phenoxy) is 1. The van der Waals surface area contributed by atoms with Crippen LogP contribution in [0.3, 0.4) is 0 Å². The van der Waals surface area contributed by atoms with Crippen LogP contribution in [0.2, 0.25) is 0 Å². The van der Waals surface area contributed by atoms with Gasteiger partial charge in [0.15, 0.2) is 0 Å². The standard InChI is InChI=1S/C30H48O3/c1-19(2)9-8-10-20(3)23-12-15-30(7)25-18-27(33-21(4)31)26-17-22(32)11-14-28(26,5)24(25)13-16-29(23,30)6/h19-20,23,26-27H,8-18H2,1-7H3/t20-,23-,26-,27+,28-,29-,30+/m1/s1. The maximum Gasteiger partial charge on any atom is 0.302 e. The van der Waals surface area contributed by atoms with Crippen molar-refractivity contribution in [3.05, 3.63) is 11.1 Å². The molecule has 0 bridgehead atoms. The Balaban J connectivity index is 1.67. The monoisotopic (exact) mass is 456 g/mol. The molecule has 4 rings (SSSR count). The largest absolute Gasteiger partial charge is 0.462 e. The first-order chi connectivity index (χ1) is 15.4. The molecule has 0 aromatic carbocycles. The number of allylic oxidation sites excluding steroid dienone is 1. The van der Waals surface area contributed by atoms with E-state index in [1.54, 1.807) is 11.1 Å². The van der Waals surface area contributed by atoms with E-state index in [0.717, 1.165) is 30.6 Å². The van der Waals surface area contributed by atoms with Crippen LogP contribution in [0.25, 0.3) is 0 Å². The number of ketones is 1. The summed E-state index contributed by atoms with van der Waals surface area (Å²) in [7, 11) is 0. The molecule has 186 valence electrons. The first kappa shape index (κ1) is 25.0. The second kappa shape index (κ2) is 8.83. The highest BCUT2D eigenvalue weighted by molar-refractivity contribution is 5.80. The van der Waals surface area contributed by atoms with Gasteiger partial charge >= 0.3 is 5.97 Å². The van der Waals surface area contributed by atoms with Gasteiger partial charge in [0.1, 0.15) is 11.9 Å². The number of hydrogen-bond acceptors (Lipinski definition) is 3. The predicted molar refractivity (Wildman–Crippen MR) is 134 cm³/mol. The van der Waals surface area contributed by atoms with Crippen molar-refractivity contribution in [3.8, 4) is 0 Å². The Bertz CT molecular complexity index is 824. The summed E-state index contributed by atoms with van der Waals surface area (Å²) in [6.07, 6.45) is 11.9. The molecule has 0 unspecified atom stereocenters. The molecule has 33 heavy (non-hydrogen) atoms. The molecule has 0 amide bonds. The molecular weight excluding hydrogens is 408 g/mol. The SMILES string of the molecule is CC(=O)O[C@H]1CC2=C(CC[C@]3(C)[C@@H]([C@H](C)CCCC(C)C)CC[C@@]23C)[C@@]2(C)CCC(=O)C[C@H]12. The molecule has 0 N–H and O–H groups in total. The molecule has 3 nitrogen and oxygen atoms in total. The van der Waals surface area contributed by atoms with Crippen LogP contribution in [0, 0.1) is 39.9 Å². The molecule has 2 saturated carbocycles. The van der Waals surface area contributed by atoms with E-state index in [1.807, 2.05) is 0 Å². The number of Topliss-reactive ketones (excluding diaryl/α,β-unsaturated/α-hetero) is 1. The molecule has 0 aliphatic heterocycles. The van der Waals surface area contributed by atoms with E-state index in [0.29, 0.717) is 24.0 Å². The van der Waals surface area contributed by atoms with Gasteiger partial charge in [0.2, 0.25) is 0 Å². The van der Waals surface area contributed by atoms with Crippen LogP contribution in [-0.4, -0.2) is 17.9 Å². The fraction of sp³-hybridized carbons (Fsp3) is 0.867. The van der Waals surface area contributed by atoms with Gasteiger partial charge in [-0.2, -0.15) is 0 Å². The van der Waals surface area contributed by atoms with Crippen molar-refractivity contribution in [1.82, 2.24) is 0 Å². The van der Waals surface area contributed by atoms with E-state index in [9.17, 15) is 9.59 Å². The van der Waals surface area contributed by atoms with E-state index in [1.165, 1.54) is 51.9 Å². The molecule has 7 atom stereocenters. The van der Waals surface area contributed by atoms with Gasteiger partial charge in [0, 0.05) is 32.1 Å². The van der Waals surface area contributed by atoms with Crippen LogP contribution >= 0.6 is 0 Å². The van der Waals surface area contributed by atoms with Gasteiger partial charge in [-0.05, 0) is 66.1 Å². The zero-order chi connectivity index (χ0) is 24.2. The highest BCUT2D eigenvalue weighted by Crippen LogP contribution is 2.71. The lowest BCUT2D eigenvalue weighted by atomic mass is 9.46. The molecule has 0 aromatic rings. The van der Waals surface area contributed by atoms with Gasteiger partial charge < -0.3 is 4.74 Å². The Morgan fingerprint density at radius 1 is 1.00 bits per heavy atom. The maximum absolute atomic E-state index is 12.4. The van der Waals surface area contributed by atoms with E-state index in [-0.39, 0.29) is 28.8 Å². The Kier molecular flexibility index (Phi) is 6.69. The van der Waals surface area contributed by atoms with Crippen LogP contribution in [0.5, 0.6) is 0 Å². The quantitative estimate of drug-likeness (QED) is 0.304. The maximum atomic E-state index is 12.4. The van der Waals surface area contributed by atoms with Crippen molar-refractivity contribution in [1.29, 1.82) is 0 Å². The zero-order valence-electron chi connectivity index (χ0n) is 22.4. The first-order valence-corrected chi connectivity index (χ1v) is 13.8. The van der Waals surface area contributed by atoms with E-state index in [4.69, 9.17) is 4.74 Å². The smallest absolute Gasteiger partial charge is 0.302 e. The number of carbonyl (C=O) groups is 2. The van der Waals surface area contributed by atoms with Crippen LogP contribution in [0.4, 0.5) is 0 Å². The van der Waals surface area contributed by atoms with E-state index in [2.05, 4.69) is 41.5 Å². The molecule has 0 heterocycles. The Morgan fingerprint density at radius 2 is 1.73 bits per heavy atom. The average Bonchev–Trinajstić information content (AvgIpc) is 3.00. The number of esters is 1. The summed E-state index contributed by atoms with van der Waals surface area (Å²) in [6.45, 7) is 16.2. The van der Waals surface area contributed by atoms with Gasteiger partial charge in [0.05, 0.1) is 0 Å². The second-order valence-corrected chi connectivity index (χ2v) is 13.3. The minimum Gasteiger partial charge on any atom is -0.462 e. The minimum atomic E-state index is -0.198. The molecule has 0 spiro atoms. The Hall–Kier alpha value is -1.12. The summed E-state index contributed by atoms with van der Waals surface area (Å²) in [5, 5.41) is 0. The van der Waals surface area contributed by atoms with Gasteiger partial charge in [-0.1, -0.05) is 72.0 Å². The second-order valence-electron chi connectivity index (χ2n) is 13.3. The van der Waals surface area contributed by atoms with Crippen molar-refractivity contribution >= 4 is 11.8 Å². The van der Waals surface area contributed by atoms with Gasteiger partial charge in [-0.3, -0.25) is 9.59 Å². The van der Waals surface area contributed by atoms with Crippen molar-refractivity contribution in [2.75, 3.05) is 0 Å². The average molecular weight is 457 g/mol. The lowest BCUT2D eigenvalue weighted by Crippen LogP contribution is -2.53. The predicted octanol–water partition coefficient (Wildman–Crippen LogP) is 7.67. The van der Waals surface area contributed by atoms with Crippen molar-refractivity contribution < 1.29 is 14.3 Å². The third-order valence-electron chi connectivity index (χ3n) is 11.1. The van der Waals surface area contributed by atoms with Crippen molar-refractivity contribution in [2.45, 2.75) is 125 Å². The highest BCUT2D eigenvalue weighted by Gasteiger charge is 2.63. The highest BCUT2D eigenvalue weighted by atomic mass is 16.5. The summed E-state index contributed by atoms with van der Waals surface area (Å²) in [5.74, 6) is 2.63. The van der Waals surface area contributed by atoms with Crippen LogP contribution in [0.15, 0.2) is 11.1 Å². The molecule has 0 radical (unpaired) electrons. The number of hydrogen-bond donors (Lipinski definition) is 0. The number of fused-ring (bicyclic) bond motifs is 4. The van der Waals surface area contributed by atoms with E-state index < -0.39 is 0 Å². The lowest BCUT2D eigenvalue weighted by molar-refractivity contribution is -0.156. The molecule has 4 aliphatic carbocycles. The van der Waals surface area contributed by atoms with E-state index >= 15 is 0 Å². The number of carbonyl (C=O) groups excluding carboxylic acids is 2. The summed E-state index contributed by atoms with van der Waals surface area (Å²) < 4.78 is 5.97. The Labute approximate surface area is 202 Å². The van der Waals surface area contributed by atoms with Crippen LogP contribution in [-0.2, 0) is 14.3 Å². The normalized spacial score (nSPS) is 41.5. The lowest BCUT2D eigenvalue weighted by Gasteiger charge is -2.59. The molecule has 2 fully saturated rings. The molecule has 4 aliphatic rings. The van der Waals surface area contributed by atoms with Crippen molar-refractivity contribution in [3.63, 3.8) is 0 Å². The molecule has 0 aromatic heterocycles. The minimum absolute atomic E-state index is 0.00686. The van der Waals surface area contributed by atoms with Gasteiger partial charge in [-0.15, -0.1) is 0 Å². The summed E-state index contributed by atoms with van der Waals surface area (Å²) in [6, 6.07) is 0. The summed E-state index contributed by atoms with van der Waals surface area (Å²) in [4.78, 5) is 24.5.